The second kappa shape index (κ2) is 6.99. The van der Waals surface area contributed by atoms with Gasteiger partial charge in [-0.15, -0.1) is 0 Å². The Morgan fingerprint density at radius 1 is 1.17 bits per heavy atom. The maximum absolute atomic E-state index is 12.0. The minimum atomic E-state index is -0.687. The van der Waals surface area contributed by atoms with E-state index in [0.29, 0.717) is 18.6 Å². The van der Waals surface area contributed by atoms with Gasteiger partial charge in [-0.2, -0.15) is 0 Å². The number of ether oxygens (including phenoxy) is 3. The van der Waals surface area contributed by atoms with Gasteiger partial charge in [0.15, 0.2) is 11.5 Å². The number of carbonyl (C=O) groups is 1. The van der Waals surface area contributed by atoms with E-state index in [9.17, 15) is 14.9 Å². The number of esters is 1. The Labute approximate surface area is 137 Å². The zero-order valence-electron chi connectivity index (χ0n) is 12.8. The van der Waals surface area contributed by atoms with E-state index >= 15 is 0 Å². The summed E-state index contributed by atoms with van der Waals surface area (Å²) in [5, 5.41) is 10.9. The molecule has 0 amide bonds. The van der Waals surface area contributed by atoms with Crippen molar-refractivity contribution < 1.29 is 23.9 Å². The lowest BCUT2D eigenvalue weighted by molar-refractivity contribution is -0.385. The number of nitro groups is 1. The van der Waals surface area contributed by atoms with Crippen molar-refractivity contribution in [3.05, 3.63) is 63.7 Å². The van der Waals surface area contributed by atoms with Gasteiger partial charge in [-0.3, -0.25) is 10.1 Å². The molecule has 3 rings (SSSR count). The Kier molecular flexibility index (Phi) is 4.60. The molecule has 0 bridgehead atoms. The minimum absolute atomic E-state index is 0.0365. The third-order valence-corrected chi connectivity index (χ3v) is 3.60. The highest BCUT2D eigenvalue weighted by atomic mass is 16.7. The van der Waals surface area contributed by atoms with Crippen LogP contribution in [0.5, 0.6) is 11.5 Å². The van der Waals surface area contributed by atoms with Gasteiger partial charge in [0, 0.05) is 6.07 Å². The van der Waals surface area contributed by atoms with Crippen LogP contribution in [-0.4, -0.2) is 24.3 Å². The first-order valence-electron chi connectivity index (χ1n) is 7.44. The summed E-state index contributed by atoms with van der Waals surface area (Å²) < 4.78 is 15.7. The van der Waals surface area contributed by atoms with Crippen LogP contribution in [0.2, 0.25) is 0 Å². The Hall–Kier alpha value is -3.09. The molecule has 2 aromatic carbocycles. The second-order valence-electron chi connectivity index (χ2n) is 5.20. The molecule has 7 nitrogen and oxygen atoms in total. The standard InChI is InChI=1S/C17H15NO6/c19-17(13-5-1-2-6-14(13)18(20)21)22-9-3-4-12-7-8-15-16(10-12)24-11-23-15/h1-2,5-8,10H,3-4,9,11H2. The third kappa shape index (κ3) is 3.45. The third-order valence-electron chi connectivity index (χ3n) is 3.60. The molecule has 0 saturated heterocycles. The van der Waals surface area contributed by atoms with E-state index < -0.39 is 10.9 Å². The van der Waals surface area contributed by atoms with Crippen LogP contribution in [0, 0.1) is 10.1 Å². The van der Waals surface area contributed by atoms with Gasteiger partial charge in [0.1, 0.15) is 5.56 Å². The van der Waals surface area contributed by atoms with Gasteiger partial charge in [-0.25, -0.2) is 4.79 Å². The Balaban J connectivity index is 1.52. The quantitative estimate of drug-likeness (QED) is 0.350. The van der Waals surface area contributed by atoms with Gasteiger partial charge < -0.3 is 14.2 Å². The Bertz CT molecular complexity index is 773. The monoisotopic (exact) mass is 329 g/mol. The summed E-state index contributed by atoms with van der Waals surface area (Å²) in [7, 11) is 0. The van der Waals surface area contributed by atoms with Crippen LogP contribution in [-0.2, 0) is 11.2 Å². The molecular weight excluding hydrogens is 314 g/mol. The van der Waals surface area contributed by atoms with Crippen LogP contribution >= 0.6 is 0 Å². The summed E-state index contributed by atoms with van der Waals surface area (Å²) in [4.78, 5) is 22.3. The van der Waals surface area contributed by atoms with Crippen molar-refractivity contribution >= 4 is 11.7 Å². The number of benzene rings is 2. The molecular formula is C17H15NO6. The fourth-order valence-corrected chi connectivity index (χ4v) is 2.42. The van der Waals surface area contributed by atoms with Crippen molar-refractivity contribution in [3.8, 4) is 11.5 Å². The van der Waals surface area contributed by atoms with Crippen molar-refractivity contribution in [2.75, 3.05) is 13.4 Å². The average molecular weight is 329 g/mol. The molecule has 0 saturated carbocycles. The molecule has 24 heavy (non-hydrogen) atoms. The van der Waals surface area contributed by atoms with E-state index in [4.69, 9.17) is 14.2 Å². The lowest BCUT2D eigenvalue weighted by atomic mass is 10.1. The fraction of sp³-hybridized carbons (Fsp3) is 0.235. The number of rotatable bonds is 6. The molecule has 2 aromatic rings. The van der Waals surface area contributed by atoms with Crippen molar-refractivity contribution in [2.24, 2.45) is 0 Å². The molecule has 1 heterocycles. The van der Waals surface area contributed by atoms with Crippen LogP contribution in [0.4, 0.5) is 5.69 Å². The highest BCUT2D eigenvalue weighted by Crippen LogP contribution is 2.32. The lowest BCUT2D eigenvalue weighted by Gasteiger charge is -2.06. The molecule has 1 aliphatic rings. The van der Waals surface area contributed by atoms with Crippen LogP contribution in [0.15, 0.2) is 42.5 Å². The number of nitrogens with zero attached hydrogens (tertiary/aromatic N) is 1. The molecule has 0 fully saturated rings. The first-order valence-corrected chi connectivity index (χ1v) is 7.44. The van der Waals surface area contributed by atoms with Crippen molar-refractivity contribution in [1.82, 2.24) is 0 Å². The molecule has 0 unspecified atom stereocenters. The van der Waals surface area contributed by atoms with E-state index in [1.54, 1.807) is 6.07 Å². The van der Waals surface area contributed by atoms with E-state index in [-0.39, 0.29) is 24.7 Å². The summed E-state index contributed by atoms with van der Waals surface area (Å²) >= 11 is 0. The Morgan fingerprint density at radius 2 is 1.96 bits per heavy atom. The Morgan fingerprint density at radius 3 is 2.79 bits per heavy atom. The molecule has 0 N–H and O–H groups in total. The van der Waals surface area contributed by atoms with Crippen LogP contribution < -0.4 is 9.47 Å². The zero-order chi connectivity index (χ0) is 16.9. The first-order chi connectivity index (χ1) is 11.6. The van der Waals surface area contributed by atoms with Crippen LogP contribution in [0.1, 0.15) is 22.3 Å². The molecule has 124 valence electrons. The van der Waals surface area contributed by atoms with Crippen molar-refractivity contribution in [1.29, 1.82) is 0 Å². The average Bonchev–Trinajstić information content (AvgIpc) is 3.06. The molecule has 7 heteroatoms. The summed E-state index contributed by atoms with van der Waals surface area (Å²) in [5.74, 6) is 0.749. The number of hydrogen-bond donors (Lipinski definition) is 0. The number of para-hydroxylation sites is 1. The molecule has 0 aliphatic carbocycles. The summed E-state index contributed by atoms with van der Waals surface area (Å²) in [6, 6.07) is 11.4. The normalized spacial score (nSPS) is 12.0. The zero-order valence-corrected chi connectivity index (χ0v) is 12.8. The SMILES string of the molecule is O=C(OCCCc1ccc2c(c1)OCO2)c1ccccc1[N+](=O)[O-]. The van der Waals surface area contributed by atoms with Gasteiger partial charge >= 0.3 is 5.97 Å². The molecule has 0 spiro atoms. The summed E-state index contributed by atoms with van der Waals surface area (Å²) in [6.07, 6.45) is 1.30. The lowest BCUT2D eigenvalue weighted by Crippen LogP contribution is -2.09. The first kappa shape index (κ1) is 15.8. The number of aryl methyl sites for hydroxylation is 1. The molecule has 0 aromatic heterocycles. The highest BCUT2D eigenvalue weighted by molar-refractivity contribution is 5.93. The predicted octanol–water partition coefficient (Wildman–Crippen LogP) is 3.11. The fourth-order valence-electron chi connectivity index (χ4n) is 2.42. The number of hydrogen-bond acceptors (Lipinski definition) is 6. The van der Waals surface area contributed by atoms with E-state index in [1.807, 2.05) is 18.2 Å². The maximum Gasteiger partial charge on any atom is 0.345 e. The van der Waals surface area contributed by atoms with Crippen molar-refractivity contribution in [2.45, 2.75) is 12.8 Å². The van der Waals surface area contributed by atoms with Crippen LogP contribution in [0.3, 0.4) is 0 Å². The number of nitro benzene ring substituents is 1. The molecule has 0 atom stereocenters. The maximum atomic E-state index is 12.0. The highest BCUT2D eigenvalue weighted by Gasteiger charge is 2.20. The largest absolute Gasteiger partial charge is 0.462 e. The van der Waals surface area contributed by atoms with Gasteiger partial charge in [0.25, 0.3) is 5.69 Å². The minimum Gasteiger partial charge on any atom is -0.462 e. The topological polar surface area (TPSA) is 87.9 Å². The smallest absolute Gasteiger partial charge is 0.345 e. The van der Waals surface area contributed by atoms with E-state index in [1.165, 1.54) is 18.2 Å². The number of carbonyl (C=O) groups excluding carboxylic acids is 1. The van der Waals surface area contributed by atoms with E-state index in [0.717, 1.165) is 11.3 Å². The van der Waals surface area contributed by atoms with Gasteiger partial charge in [-0.05, 0) is 36.6 Å². The van der Waals surface area contributed by atoms with Gasteiger partial charge in [0.2, 0.25) is 6.79 Å². The summed E-state index contributed by atoms with van der Waals surface area (Å²) in [6.45, 7) is 0.408. The molecule has 1 aliphatic heterocycles. The molecule has 0 radical (unpaired) electrons. The van der Waals surface area contributed by atoms with Gasteiger partial charge in [0.05, 0.1) is 11.5 Å². The second-order valence-corrected chi connectivity index (χ2v) is 5.20. The predicted molar refractivity (Wildman–Crippen MR) is 84.3 cm³/mol. The number of fused-ring (bicyclic) bond motifs is 1. The summed E-state index contributed by atoms with van der Waals surface area (Å²) in [5.41, 5.74) is 0.754. The van der Waals surface area contributed by atoms with E-state index in [2.05, 4.69) is 0 Å². The van der Waals surface area contributed by atoms with Gasteiger partial charge in [-0.1, -0.05) is 18.2 Å². The van der Waals surface area contributed by atoms with Crippen LogP contribution in [0.25, 0.3) is 0 Å². The van der Waals surface area contributed by atoms with Crippen molar-refractivity contribution in [3.63, 3.8) is 0 Å².